The predicted molar refractivity (Wildman–Crippen MR) is 202 cm³/mol. The zero-order valence-electron chi connectivity index (χ0n) is 26.2. The van der Waals surface area contributed by atoms with Gasteiger partial charge in [-0.25, -0.2) is 9.97 Å². The number of hydrogen-bond acceptors (Lipinski definition) is 2. The molecule has 0 aliphatic rings. The van der Waals surface area contributed by atoms with Crippen molar-refractivity contribution < 1.29 is 0 Å². The van der Waals surface area contributed by atoms with Crippen LogP contribution in [-0.4, -0.2) is 9.97 Å². The summed E-state index contributed by atoms with van der Waals surface area (Å²) in [5.74, 6) is 0.717. The molecule has 0 radical (unpaired) electrons. The maximum atomic E-state index is 5.44. The Balaban J connectivity index is 1.36. The van der Waals surface area contributed by atoms with E-state index < -0.39 is 0 Å². The van der Waals surface area contributed by atoms with Crippen LogP contribution in [0, 0.1) is 0 Å². The maximum absolute atomic E-state index is 5.44. The third-order valence-electron chi connectivity index (χ3n) is 9.23. The summed E-state index contributed by atoms with van der Waals surface area (Å²) in [6, 6.07) is 64.5. The molecule has 0 aliphatic carbocycles. The lowest BCUT2D eigenvalue weighted by molar-refractivity contribution is 1.19. The van der Waals surface area contributed by atoms with Crippen molar-refractivity contribution >= 4 is 32.3 Å². The molecule has 0 amide bonds. The SMILES string of the molecule is c1ccc(-c2cc(-c3ccccc3)cc(-c3cc(-c4ccccc4)nc(-c4c5ccccc5cc5c4ccc4ccccc45)n3)c2)cc1. The lowest BCUT2D eigenvalue weighted by Crippen LogP contribution is -1.98. The second-order valence-electron chi connectivity index (χ2n) is 12.2. The summed E-state index contributed by atoms with van der Waals surface area (Å²) in [4.78, 5) is 10.8. The Kier molecular flexibility index (Phi) is 6.84. The van der Waals surface area contributed by atoms with Crippen molar-refractivity contribution in [3.05, 3.63) is 182 Å². The second-order valence-corrected chi connectivity index (χ2v) is 12.2. The molecule has 1 aromatic heterocycles. The van der Waals surface area contributed by atoms with Crippen LogP contribution in [-0.2, 0) is 0 Å². The van der Waals surface area contributed by atoms with Crippen LogP contribution in [0.5, 0.6) is 0 Å². The van der Waals surface area contributed by atoms with Gasteiger partial charge in [0, 0.05) is 16.7 Å². The highest BCUT2D eigenvalue weighted by Gasteiger charge is 2.18. The van der Waals surface area contributed by atoms with Crippen LogP contribution >= 0.6 is 0 Å². The average Bonchev–Trinajstić information content (AvgIpc) is 3.17. The van der Waals surface area contributed by atoms with Crippen molar-refractivity contribution in [3.63, 3.8) is 0 Å². The van der Waals surface area contributed by atoms with E-state index in [1.807, 2.05) is 6.07 Å². The molecule has 1 heterocycles. The summed E-state index contributed by atoms with van der Waals surface area (Å²) in [5, 5.41) is 7.10. The molecule has 0 atom stereocenters. The van der Waals surface area contributed by atoms with E-state index in [1.54, 1.807) is 0 Å². The van der Waals surface area contributed by atoms with Gasteiger partial charge in [-0.3, -0.25) is 0 Å². The number of aromatic nitrogens is 2. The van der Waals surface area contributed by atoms with E-state index in [0.29, 0.717) is 0 Å². The highest BCUT2D eigenvalue weighted by molar-refractivity contribution is 6.19. The average molecular weight is 611 g/mol. The van der Waals surface area contributed by atoms with Crippen LogP contribution in [0.3, 0.4) is 0 Å². The van der Waals surface area contributed by atoms with E-state index in [9.17, 15) is 0 Å². The van der Waals surface area contributed by atoms with Gasteiger partial charge >= 0.3 is 0 Å². The van der Waals surface area contributed by atoms with Crippen LogP contribution in [0.2, 0.25) is 0 Å². The Hall–Kier alpha value is -6.38. The van der Waals surface area contributed by atoms with E-state index in [0.717, 1.165) is 55.8 Å². The molecular formula is C46H30N2. The molecule has 0 saturated heterocycles. The Morgan fingerprint density at radius 1 is 0.271 bits per heavy atom. The van der Waals surface area contributed by atoms with E-state index in [1.165, 1.54) is 32.7 Å². The monoisotopic (exact) mass is 610 g/mol. The first-order chi connectivity index (χ1) is 23.8. The molecule has 0 N–H and O–H groups in total. The molecular weight excluding hydrogens is 581 g/mol. The minimum atomic E-state index is 0.717. The number of rotatable bonds is 5. The summed E-state index contributed by atoms with van der Waals surface area (Å²) in [5.41, 5.74) is 9.56. The highest BCUT2D eigenvalue weighted by atomic mass is 14.9. The quantitative estimate of drug-likeness (QED) is 0.143. The van der Waals surface area contributed by atoms with E-state index in [2.05, 4.69) is 176 Å². The van der Waals surface area contributed by atoms with Gasteiger partial charge in [0.05, 0.1) is 11.4 Å². The maximum Gasteiger partial charge on any atom is 0.161 e. The number of hydrogen-bond donors (Lipinski definition) is 0. The highest BCUT2D eigenvalue weighted by Crippen LogP contribution is 2.40. The summed E-state index contributed by atoms with van der Waals surface area (Å²) in [7, 11) is 0. The molecule has 0 spiro atoms. The Labute approximate surface area is 279 Å². The zero-order valence-corrected chi connectivity index (χ0v) is 26.2. The fourth-order valence-corrected chi connectivity index (χ4v) is 6.89. The van der Waals surface area contributed by atoms with Gasteiger partial charge in [-0.15, -0.1) is 0 Å². The van der Waals surface area contributed by atoms with Crippen molar-refractivity contribution in [2.24, 2.45) is 0 Å². The molecule has 224 valence electrons. The fraction of sp³-hybridized carbons (Fsp3) is 0. The Morgan fingerprint density at radius 2 is 0.771 bits per heavy atom. The molecule has 0 saturated carbocycles. The van der Waals surface area contributed by atoms with Gasteiger partial charge in [0.1, 0.15) is 0 Å². The van der Waals surface area contributed by atoms with Crippen LogP contribution in [0.1, 0.15) is 0 Å². The molecule has 9 aromatic rings. The van der Waals surface area contributed by atoms with Crippen molar-refractivity contribution in [1.82, 2.24) is 9.97 Å². The fourth-order valence-electron chi connectivity index (χ4n) is 6.89. The molecule has 48 heavy (non-hydrogen) atoms. The Morgan fingerprint density at radius 3 is 1.42 bits per heavy atom. The van der Waals surface area contributed by atoms with Gasteiger partial charge in [-0.2, -0.15) is 0 Å². The predicted octanol–water partition coefficient (Wildman–Crippen LogP) is 12.3. The summed E-state index contributed by atoms with van der Waals surface area (Å²) >= 11 is 0. The lowest BCUT2D eigenvalue weighted by atomic mass is 9.92. The molecule has 2 heteroatoms. The molecule has 2 nitrogen and oxygen atoms in total. The van der Waals surface area contributed by atoms with Crippen LogP contribution in [0.15, 0.2) is 182 Å². The van der Waals surface area contributed by atoms with E-state index in [-0.39, 0.29) is 0 Å². The van der Waals surface area contributed by atoms with Crippen molar-refractivity contribution in [1.29, 1.82) is 0 Å². The minimum Gasteiger partial charge on any atom is -0.228 e. The van der Waals surface area contributed by atoms with Crippen molar-refractivity contribution in [3.8, 4) is 56.2 Å². The third-order valence-corrected chi connectivity index (χ3v) is 9.23. The standard InChI is InChI=1S/C46H30N2/c1-4-14-31(15-5-1)36-26-37(32-16-6-2-7-17-32)28-38(27-36)44-30-43(34-19-8-3-9-20-34)47-46(48-44)45-40-23-13-11-21-35(40)29-42-39-22-12-10-18-33(39)24-25-41(42)45/h1-30H. The van der Waals surface area contributed by atoms with E-state index >= 15 is 0 Å². The summed E-state index contributed by atoms with van der Waals surface area (Å²) < 4.78 is 0. The topological polar surface area (TPSA) is 25.8 Å². The first-order valence-corrected chi connectivity index (χ1v) is 16.3. The Bertz CT molecular complexity index is 2530. The third kappa shape index (κ3) is 5.01. The van der Waals surface area contributed by atoms with Crippen molar-refractivity contribution in [2.75, 3.05) is 0 Å². The zero-order chi connectivity index (χ0) is 31.9. The summed E-state index contributed by atoms with van der Waals surface area (Å²) in [6.45, 7) is 0. The molecule has 0 bridgehead atoms. The molecule has 8 aromatic carbocycles. The minimum absolute atomic E-state index is 0.717. The van der Waals surface area contributed by atoms with Crippen LogP contribution in [0.4, 0.5) is 0 Å². The van der Waals surface area contributed by atoms with Crippen molar-refractivity contribution in [2.45, 2.75) is 0 Å². The first-order valence-electron chi connectivity index (χ1n) is 16.3. The van der Waals surface area contributed by atoms with Gasteiger partial charge < -0.3 is 0 Å². The molecule has 0 unspecified atom stereocenters. The number of benzene rings is 8. The normalized spacial score (nSPS) is 11.3. The molecule has 9 rings (SSSR count). The van der Waals surface area contributed by atoms with Gasteiger partial charge in [0.2, 0.25) is 0 Å². The molecule has 0 aliphatic heterocycles. The second kappa shape index (κ2) is 11.8. The number of fused-ring (bicyclic) bond motifs is 4. The van der Waals surface area contributed by atoms with Gasteiger partial charge in [-0.1, -0.05) is 152 Å². The van der Waals surface area contributed by atoms with Crippen LogP contribution < -0.4 is 0 Å². The lowest BCUT2D eigenvalue weighted by Gasteiger charge is -2.16. The largest absolute Gasteiger partial charge is 0.228 e. The molecule has 0 fully saturated rings. The smallest absolute Gasteiger partial charge is 0.161 e. The van der Waals surface area contributed by atoms with E-state index in [4.69, 9.17) is 9.97 Å². The first kappa shape index (κ1) is 27.9. The number of nitrogens with zero attached hydrogens (tertiary/aromatic N) is 2. The van der Waals surface area contributed by atoms with Gasteiger partial charge in [0.25, 0.3) is 0 Å². The van der Waals surface area contributed by atoms with Gasteiger partial charge in [-0.05, 0) is 84.9 Å². The van der Waals surface area contributed by atoms with Crippen LogP contribution in [0.25, 0.3) is 88.5 Å². The summed E-state index contributed by atoms with van der Waals surface area (Å²) in [6.07, 6.45) is 0. The van der Waals surface area contributed by atoms with Gasteiger partial charge in [0.15, 0.2) is 5.82 Å².